The lowest BCUT2D eigenvalue weighted by atomic mass is 10.1. The van der Waals surface area contributed by atoms with E-state index < -0.39 is 12.0 Å². The number of nitrogens with one attached hydrogen (secondary N) is 1. The maximum Gasteiger partial charge on any atom is 0.326 e. The largest absolute Gasteiger partial charge is 0.480 e. The number of carboxylic acids is 1. The Bertz CT molecular complexity index is 534. The van der Waals surface area contributed by atoms with Crippen molar-refractivity contribution < 1.29 is 14.7 Å². The summed E-state index contributed by atoms with van der Waals surface area (Å²) in [7, 11) is 0. The van der Waals surface area contributed by atoms with E-state index in [-0.39, 0.29) is 18.4 Å². The monoisotopic (exact) mass is 293 g/mol. The van der Waals surface area contributed by atoms with Gasteiger partial charge in [0.2, 0.25) is 5.91 Å². The highest BCUT2D eigenvalue weighted by atomic mass is 16.4. The lowest BCUT2D eigenvalue weighted by molar-refractivity contribution is -0.142. The SMILES string of the molecule is Cc1cc(C)n(C(C)CC(=O)NC(CC2CC2)C(=O)O)n1. The molecule has 2 N–H and O–H groups in total. The van der Waals surface area contributed by atoms with Gasteiger partial charge in [-0.15, -0.1) is 0 Å². The van der Waals surface area contributed by atoms with Crippen LogP contribution in [0, 0.1) is 19.8 Å². The van der Waals surface area contributed by atoms with Gasteiger partial charge in [0.05, 0.1) is 11.7 Å². The second kappa shape index (κ2) is 6.28. The van der Waals surface area contributed by atoms with E-state index in [0.29, 0.717) is 12.3 Å². The van der Waals surface area contributed by atoms with Gasteiger partial charge < -0.3 is 10.4 Å². The van der Waals surface area contributed by atoms with Crippen LogP contribution in [-0.4, -0.2) is 32.8 Å². The molecule has 0 bridgehead atoms. The van der Waals surface area contributed by atoms with Crippen molar-refractivity contribution in [3.05, 3.63) is 17.5 Å². The number of carbonyl (C=O) groups is 2. The quantitative estimate of drug-likeness (QED) is 0.803. The Hall–Kier alpha value is -1.85. The molecule has 1 saturated carbocycles. The van der Waals surface area contributed by atoms with E-state index in [4.69, 9.17) is 5.11 Å². The van der Waals surface area contributed by atoms with Gasteiger partial charge >= 0.3 is 5.97 Å². The summed E-state index contributed by atoms with van der Waals surface area (Å²) in [4.78, 5) is 23.2. The second-order valence-electron chi connectivity index (χ2n) is 6.06. The fraction of sp³-hybridized carbons (Fsp3) is 0.667. The van der Waals surface area contributed by atoms with Gasteiger partial charge in [-0.05, 0) is 39.2 Å². The normalized spacial score (nSPS) is 17.3. The topological polar surface area (TPSA) is 84.2 Å². The third kappa shape index (κ3) is 4.31. The van der Waals surface area contributed by atoms with Gasteiger partial charge in [-0.25, -0.2) is 4.79 Å². The number of aliphatic carboxylic acids is 1. The van der Waals surface area contributed by atoms with Crippen LogP contribution in [0.4, 0.5) is 0 Å². The summed E-state index contributed by atoms with van der Waals surface area (Å²) in [5.41, 5.74) is 1.91. The molecular formula is C15H23N3O3. The van der Waals surface area contributed by atoms with Crippen molar-refractivity contribution in [2.24, 2.45) is 5.92 Å². The molecule has 6 nitrogen and oxygen atoms in total. The Morgan fingerprint density at radius 3 is 2.62 bits per heavy atom. The molecule has 21 heavy (non-hydrogen) atoms. The number of rotatable bonds is 7. The maximum atomic E-state index is 12.0. The van der Waals surface area contributed by atoms with Crippen molar-refractivity contribution in [1.29, 1.82) is 0 Å². The molecule has 1 fully saturated rings. The number of amides is 1. The van der Waals surface area contributed by atoms with Gasteiger partial charge in [0.1, 0.15) is 6.04 Å². The molecule has 1 aliphatic rings. The highest BCUT2D eigenvalue weighted by Gasteiger charge is 2.30. The molecule has 1 amide bonds. The average Bonchev–Trinajstić information content (AvgIpc) is 3.12. The summed E-state index contributed by atoms with van der Waals surface area (Å²) in [5, 5.41) is 16.2. The lowest BCUT2D eigenvalue weighted by Crippen LogP contribution is -2.41. The van der Waals surface area contributed by atoms with E-state index in [2.05, 4.69) is 10.4 Å². The average molecular weight is 293 g/mol. The Morgan fingerprint density at radius 1 is 1.48 bits per heavy atom. The number of aryl methyl sites for hydroxylation is 2. The highest BCUT2D eigenvalue weighted by molar-refractivity contribution is 5.83. The van der Waals surface area contributed by atoms with Crippen LogP contribution in [0.15, 0.2) is 6.07 Å². The highest BCUT2D eigenvalue weighted by Crippen LogP contribution is 2.33. The smallest absolute Gasteiger partial charge is 0.326 e. The van der Waals surface area contributed by atoms with E-state index in [9.17, 15) is 9.59 Å². The Balaban J connectivity index is 1.90. The lowest BCUT2D eigenvalue weighted by Gasteiger charge is -2.17. The molecule has 0 radical (unpaired) electrons. The minimum Gasteiger partial charge on any atom is -0.480 e. The van der Waals surface area contributed by atoms with E-state index in [1.807, 2.05) is 31.5 Å². The third-order valence-corrected chi connectivity index (χ3v) is 3.84. The molecule has 1 aliphatic carbocycles. The molecule has 0 saturated heterocycles. The number of nitrogens with zero attached hydrogens (tertiary/aromatic N) is 2. The van der Waals surface area contributed by atoms with E-state index >= 15 is 0 Å². The summed E-state index contributed by atoms with van der Waals surface area (Å²) in [5.74, 6) is -0.725. The fourth-order valence-electron chi connectivity index (χ4n) is 2.61. The van der Waals surface area contributed by atoms with Gasteiger partial charge in [-0.3, -0.25) is 9.48 Å². The minimum absolute atomic E-state index is 0.0888. The summed E-state index contributed by atoms with van der Waals surface area (Å²) in [6, 6.07) is 1.10. The predicted octanol–water partition coefficient (Wildman–Crippen LogP) is 1.82. The Morgan fingerprint density at radius 2 is 2.14 bits per heavy atom. The van der Waals surface area contributed by atoms with Gasteiger partial charge in [0.25, 0.3) is 0 Å². The molecule has 2 rings (SSSR count). The van der Waals surface area contributed by atoms with Crippen LogP contribution in [-0.2, 0) is 9.59 Å². The van der Waals surface area contributed by atoms with Crippen LogP contribution in [0.1, 0.15) is 50.0 Å². The Labute approximate surface area is 124 Å². The van der Waals surface area contributed by atoms with Crippen LogP contribution in [0.3, 0.4) is 0 Å². The number of hydrogen-bond donors (Lipinski definition) is 2. The molecule has 2 atom stereocenters. The molecule has 0 spiro atoms. The first kappa shape index (κ1) is 15.5. The Kier molecular flexibility index (Phi) is 4.65. The van der Waals surface area contributed by atoms with Gasteiger partial charge in [0, 0.05) is 12.1 Å². The van der Waals surface area contributed by atoms with E-state index in [1.165, 1.54) is 0 Å². The number of aromatic nitrogens is 2. The number of carbonyl (C=O) groups excluding carboxylic acids is 1. The molecule has 116 valence electrons. The molecule has 0 aromatic carbocycles. The second-order valence-corrected chi connectivity index (χ2v) is 6.06. The first-order valence-corrected chi connectivity index (χ1v) is 7.41. The van der Waals surface area contributed by atoms with Crippen molar-refractivity contribution in [3.8, 4) is 0 Å². The number of hydrogen-bond acceptors (Lipinski definition) is 3. The summed E-state index contributed by atoms with van der Waals surface area (Å²) >= 11 is 0. The van der Waals surface area contributed by atoms with Gasteiger partial charge in [0.15, 0.2) is 0 Å². The maximum absolute atomic E-state index is 12.0. The fourth-order valence-corrected chi connectivity index (χ4v) is 2.61. The van der Waals surface area contributed by atoms with Crippen molar-refractivity contribution in [3.63, 3.8) is 0 Å². The van der Waals surface area contributed by atoms with Crippen molar-refractivity contribution >= 4 is 11.9 Å². The van der Waals surface area contributed by atoms with Crippen LogP contribution in [0.25, 0.3) is 0 Å². The standard InChI is InChI=1S/C15H23N3O3/c1-9-6-10(2)18(17-9)11(3)7-14(19)16-13(15(20)21)8-12-4-5-12/h6,11-13H,4-5,7-8H2,1-3H3,(H,16,19)(H,20,21). The zero-order chi connectivity index (χ0) is 15.6. The summed E-state index contributed by atoms with van der Waals surface area (Å²) in [6.07, 6.45) is 2.91. The van der Waals surface area contributed by atoms with Gasteiger partial charge in [-0.2, -0.15) is 5.10 Å². The molecule has 1 aromatic heterocycles. The summed E-state index contributed by atoms with van der Waals surface area (Å²) < 4.78 is 1.81. The first-order chi connectivity index (χ1) is 9.86. The number of carboxylic acid groups (broad SMARTS) is 1. The first-order valence-electron chi connectivity index (χ1n) is 7.41. The van der Waals surface area contributed by atoms with E-state index in [1.54, 1.807) is 0 Å². The molecule has 1 heterocycles. The van der Waals surface area contributed by atoms with Crippen molar-refractivity contribution in [2.75, 3.05) is 0 Å². The molecular weight excluding hydrogens is 270 g/mol. The van der Waals surface area contributed by atoms with E-state index in [0.717, 1.165) is 24.2 Å². The third-order valence-electron chi connectivity index (χ3n) is 3.84. The minimum atomic E-state index is -0.950. The van der Waals surface area contributed by atoms with Crippen LogP contribution >= 0.6 is 0 Å². The van der Waals surface area contributed by atoms with Crippen LogP contribution < -0.4 is 5.32 Å². The van der Waals surface area contributed by atoms with Crippen molar-refractivity contribution in [2.45, 2.75) is 58.5 Å². The molecule has 6 heteroatoms. The zero-order valence-corrected chi connectivity index (χ0v) is 12.8. The predicted molar refractivity (Wildman–Crippen MR) is 77.9 cm³/mol. The molecule has 1 aromatic rings. The van der Waals surface area contributed by atoms with Crippen LogP contribution in [0.5, 0.6) is 0 Å². The molecule has 0 aliphatic heterocycles. The van der Waals surface area contributed by atoms with Crippen molar-refractivity contribution in [1.82, 2.24) is 15.1 Å². The van der Waals surface area contributed by atoms with Crippen LogP contribution in [0.2, 0.25) is 0 Å². The molecule has 2 unspecified atom stereocenters. The summed E-state index contributed by atoms with van der Waals surface area (Å²) in [6.45, 7) is 5.77. The zero-order valence-electron chi connectivity index (χ0n) is 12.8. The van der Waals surface area contributed by atoms with Gasteiger partial charge in [-0.1, -0.05) is 12.8 Å².